The Bertz CT molecular complexity index is 381. The first kappa shape index (κ1) is 10.1. The lowest BCUT2D eigenvalue weighted by Gasteiger charge is -2.37. The van der Waals surface area contributed by atoms with Crippen LogP contribution in [0.4, 0.5) is 4.39 Å². The van der Waals surface area contributed by atoms with E-state index in [1.54, 1.807) is 6.07 Å². The van der Waals surface area contributed by atoms with Crippen molar-refractivity contribution in [3.8, 4) is 0 Å². The fraction of sp³-hybridized carbons (Fsp3) is 0.364. The Morgan fingerprint density at radius 1 is 1.73 bits per heavy atom. The van der Waals surface area contributed by atoms with Gasteiger partial charge in [0.1, 0.15) is 11.9 Å². The van der Waals surface area contributed by atoms with Crippen molar-refractivity contribution < 1.29 is 14.3 Å². The summed E-state index contributed by atoms with van der Waals surface area (Å²) in [7, 11) is 0. The summed E-state index contributed by atoms with van der Waals surface area (Å²) in [4.78, 5) is 12.5. The van der Waals surface area contributed by atoms with Gasteiger partial charge in [-0.2, -0.15) is 0 Å². The van der Waals surface area contributed by atoms with Gasteiger partial charge in [0, 0.05) is 19.2 Å². The maximum atomic E-state index is 12.8. The van der Waals surface area contributed by atoms with Crippen molar-refractivity contribution in [3.05, 3.63) is 35.6 Å². The van der Waals surface area contributed by atoms with Gasteiger partial charge in [-0.25, -0.2) is 4.39 Å². The average Bonchev–Trinajstić information content (AvgIpc) is 2.11. The quantitative estimate of drug-likeness (QED) is 0.813. The Kier molecular flexibility index (Phi) is 2.68. The van der Waals surface area contributed by atoms with Crippen molar-refractivity contribution in [1.82, 2.24) is 4.90 Å². The normalized spacial score (nSPS) is 21.0. The van der Waals surface area contributed by atoms with Crippen molar-refractivity contribution in [2.24, 2.45) is 0 Å². The zero-order chi connectivity index (χ0) is 10.8. The summed E-state index contributed by atoms with van der Waals surface area (Å²) >= 11 is 0. The lowest BCUT2D eigenvalue weighted by molar-refractivity contribution is -0.148. The molecule has 79 valence electrons. The highest BCUT2D eigenvalue weighted by molar-refractivity contribution is 5.74. The molecule has 0 spiro atoms. The van der Waals surface area contributed by atoms with E-state index in [0.29, 0.717) is 13.0 Å². The standard InChI is InChI=1S/C11H11FNO2/c12-9-3-1-2-8(6-9)7-13-5-4-10(13)11(14)15/h1-2,6,10H,4-5,7H2,(H,14,15)/t10-/m1/s1. The zero-order valence-electron chi connectivity index (χ0n) is 8.11. The number of carboxylic acids is 1. The van der Waals surface area contributed by atoms with Crippen molar-refractivity contribution in [3.63, 3.8) is 0 Å². The number of hydrogen-bond donors (Lipinski definition) is 1. The summed E-state index contributed by atoms with van der Waals surface area (Å²) in [5.41, 5.74) is 0.789. The SMILES string of the molecule is O=C(O)[C@H]1CCN1Cc1cc[c]c(F)c1. The Balaban J connectivity index is 2.00. The second-order valence-electron chi connectivity index (χ2n) is 3.66. The molecule has 1 aromatic rings. The highest BCUT2D eigenvalue weighted by atomic mass is 19.1. The second-order valence-corrected chi connectivity index (χ2v) is 3.66. The lowest BCUT2D eigenvalue weighted by atomic mass is 10.0. The molecule has 1 saturated heterocycles. The van der Waals surface area contributed by atoms with Crippen LogP contribution in [0.25, 0.3) is 0 Å². The fourth-order valence-electron chi connectivity index (χ4n) is 1.72. The molecule has 0 unspecified atom stereocenters. The van der Waals surface area contributed by atoms with Crippen molar-refractivity contribution in [1.29, 1.82) is 0 Å². The van der Waals surface area contributed by atoms with E-state index >= 15 is 0 Å². The molecular weight excluding hydrogens is 197 g/mol. The Labute approximate surface area is 87.1 Å². The van der Waals surface area contributed by atoms with E-state index in [0.717, 1.165) is 12.1 Å². The average molecular weight is 208 g/mol. The molecule has 0 aromatic heterocycles. The maximum Gasteiger partial charge on any atom is 0.320 e. The van der Waals surface area contributed by atoms with Crippen LogP contribution in [0.1, 0.15) is 12.0 Å². The first-order valence-corrected chi connectivity index (χ1v) is 4.80. The van der Waals surface area contributed by atoms with Gasteiger partial charge in [0.25, 0.3) is 0 Å². The van der Waals surface area contributed by atoms with Crippen molar-refractivity contribution >= 4 is 5.97 Å². The van der Waals surface area contributed by atoms with Gasteiger partial charge < -0.3 is 5.11 Å². The Morgan fingerprint density at radius 2 is 2.53 bits per heavy atom. The summed E-state index contributed by atoms with van der Waals surface area (Å²) in [6, 6.07) is 6.66. The third-order valence-corrected chi connectivity index (χ3v) is 2.63. The summed E-state index contributed by atoms with van der Waals surface area (Å²) < 4.78 is 12.8. The van der Waals surface area contributed by atoms with Crippen molar-refractivity contribution in [2.75, 3.05) is 6.54 Å². The van der Waals surface area contributed by atoms with Crippen LogP contribution in [0.5, 0.6) is 0 Å². The number of likely N-dealkylation sites (tertiary alicyclic amines) is 1. The minimum absolute atomic E-state index is 0.403. The van der Waals surface area contributed by atoms with Gasteiger partial charge in [0.15, 0.2) is 0 Å². The van der Waals surface area contributed by atoms with Crippen LogP contribution in [0, 0.1) is 11.9 Å². The molecule has 0 saturated carbocycles. The molecule has 3 nitrogen and oxygen atoms in total. The summed E-state index contributed by atoms with van der Waals surface area (Å²) in [5.74, 6) is -1.20. The zero-order valence-corrected chi connectivity index (χ0v) is 8.11. The molecule has 1 fully saturated rings. The van der Waals surface area contributed by atoms with Gasteiger partial charge >= 0.3 is 5.97 Å². The molecule has 1 N–H and O–H groups in total. The third-order valence-electron chi connectivity index (χ3n) is 2.63. The Hall–Kier alpha value is -1.42. The van der Waals surface area contributed by atoms with E-state index in [-0.39, 0.29) is 0 Å². The molecule has 1 aliphatic rings. The van der Waals surface area contributed by atoms with Gasteiger partial charge in [-0.05, 0) is 18.1 Å². The molecule has 2 rings (SSSR count). The molecule has 0 bridgehead atoms. The molecule has 1 radical (unpaired) electrons. The van der Waals surface area contributed by atoms with E-state index in [1.165, 1.54) is 12.1 Å². The summed E-state index contributed by atoms with van der Waals surface area (Å²) in [6.07, 6.45) is 0.677. The van der Waals surface area contributed by atoms with Crippen LogP contribution in [-0.4, -0.2) is 28.6 Å². The van der Waals surface area contributed by atoms with Gasteiger partial charge in [-0.15, -0.1) is 0 Å². The minimum atomic E-state index is -0.802. The summed E-state index contributed by atoms with van der Waals surface area (Å²) in [6.45, 7) is 1.25. The molecule has 15 heavy (non-hydrogen) atoms. The molecule has 1 heterocycles. The molecule has 1 aliphatic heterocycles. The van der Waals surface area contributed by atoms with E-state index < -0.39 is 17.8 Å². The molecule has 4 heteroatoms. The maximum absolute atomic E-state index is 12.8. The van der Waals surface area contributed by atoms with Gasteiger partial charge in [0.05, 0.1) is 0 Å². The monoisotopic (exact) mass is 208 g/mol. The van der Waals surface area contributed by atoms with E-state index in [2.05, 4.69) is 6.07 Å². The third kappa shape index (κ3) is 2.15. The van der Waals surface area contributed by atoms with Crippen LogP contribution in [0.15, 0.2) is 18.2 Å². The van der Waals surface area contributed by atoms with Crippen LogP contribution in [-0.2, 0) is 11.3 Å². The van der Waals surface area contributed by atoms with Crippen LogP contribution >= 0.6 is 0 Å². The number of benzene rings is 1. The van der Waals surface area contributed by atoms with E-state index in [1.807, 2.05) is 4.90 Å². The number of aliphatic carboxylic acids is 1. The Morgan fingerprint density at radius 3 is 3.07 bits per heavy atom. The van der Waals surface area contributed by atoms with Gasteiger partial charge in [0.2, 0.25) is 0 Å². The van der Waals surface area contributed by atoms with Gasteiger partial charge in [-0.3, -0.25) is 9.69 Å². The highest BCUT2D eigenvalue weighted by Gasteiger charge is 2.33. The van der Waals surface area contributed by atoms with Gasteiger partial charge in [-0.1, -0.05) is 12.1 Å². The number of rotatable bonds is 3. The summed E-state index contributed by atoms with van der Waals surface area (Å²) in [5, 5.41) is 8.81. The topological polar surface area (TPSA) is 40.5 Å². The second kappa shape index (κ2) is 3.98. The van der Waals surface area contributed by atoms with Crippen LogP contribution < -0.4 is 0 Å². The molecule has 0 amide bonds. The number of carboxylic acid groups (broad SMARTS) is 1. The smallest absolute Gasteiger partial charge is 0.320 e. The molecule has 1 atom stereocenters. The first-order chi connectivity index (χ1) is 7.16. The highest BCUT2D eigenvalue weighted by Crippen LogP contribution is 2.20. The number of carbonyl (C=O) groups is 1. The van der Waals surface area contributed by atoms with E-state index in [9.17, 15) is 9.18 Å². The predicted octanol–water partition coefficient (Wildman–Crippen LogP) is 1.28. The predicted molar refractivity (Wildman–Crippen MR) is 51.7 cm³/mol. The largest absolute Gasteiger partial charge is 0.480 e. The van der Waals surface area contributed by atoms with Crippen molar-refractivity contribution in [2.45, 2.75) is 19.0 Å². The fourth-order valence-corrected chi connectivity index (χ4v) is 1.72. The lowest BCUT2D eigenvalue weighted by Crippen LogP contribution is -2.51. The molecule has 1 aromatic carbocycles. The first-order valence-electron chi connectivity index (χ1n) is 4.80. The number of halogens is 1. The van der Waals surface area contributed by atoms with Crippen LogP contribution in [0.2, 0.25) is 0 Å². The number of nitrogens with zero attached hydrogens (tertiary/aromatic N) is 1. The van der Waals surface area contributed by atoms with E-state index in [4.69, 9.17) is 5.11 Å². The number of hydrogen-bond acceptors (Lipinski definition) is 2. The molecular formula is C11H11FNO2. The van der Waals surface area contributed by atoms with Crippen LogP contribution in [0.3, 0.4) is 0 Å². The minimum Gasteiger partial charge on any atom is -0.480 e. The molecule has 0 aliphatic carbocycles.